The number of benzene rings is 3. The van der Waals surface area contributed by atoms with Gasteiger partial charge in [0.15, 0.2) is 0 Å². The van der Waals surface area contributed by atoms with Gasteiger partial charge in [-0.05, 0) is 85.4 Å². The predicted molar refractivity (Wildman–Crippen MR) is 152 cm³/mol. The summed E-state index contributed by atoms with van der Waals surface area (Å²) in [7, 11) is 1.70. The molecule has 2 aromatic heterocycles. The van der Waals surface area contributed by atoms with Crippen LogP contribution < -0.4 is 9.47 Å². The number of aryl methyl sites for hydroxylation is 1. The van der Waals surface area contributed by atoms with Crippen LogP contribution in [0.4, 0.5) is 0 Å². The van der Waals surface area contributed by atoms with Gasteiger partial charge in [-0.3, -0.25) is 0 Å². The van der Waals surface area contributed by atoms with E-state index in [-0.39, 0.29) is 6.61 Å². The van der Waals surface area contributed by atoms with Crippen LogP contribution in [0.1, 0.15) is 30.1 Å². The Morgan fingerprint density at radius 1 is 1.08 bits per heavy atom. The van der Waals surface area contributed by atoms with E-state index in [1.165, 1.54) is 16.3 Å². The summed E-state index contributed by atoms with van der Waals surface area (Å²) in [6, 6.07) is 21.1. The molecule has 1 atom stereocenters. The minimum Gasteiger partial charge on any atom is -0.497 e. The Morgan fingerprint density at radius 3 is 2.68 bits per heavy atom. The lowest BCUT2D eigenvalue weighted by molar-refractivity contribution is 0.0599. The lowest BCUT2D eigenvalue weighted by Gasteiger charge is -2.33. The minimum absolute atomic E-state index is 0.260. The number of piperidine rings is 1. The first-order valence-electron chi connectivity index (χ1n) is 13.1. The van der Waals surface area contributed by atoms with Crippen molar-refractivity contribution in [3.05, 3.63) is 78.2 Å². The molecule has 1 unspecified atom stereocenters. The van der Waals surface area contributed by atoms with E-state index in [9.17, 15) is 5.11 Å². The summed E-state index contributed by atoms with van der Waals surface area (Å²) in [6.45, 7) is 4.72. The Bertz CT molecular complexity index is 1550. The average Bonchev–Trinajstić information content (AvgIpc) is 3.58. The molecular formula is C31H32N2O4S. The first kappa shape index (κ1) is 24.9. The van der Waals surface area contributed by atoms with Gasteiger partial charge < -0.3 is 23.9 Å². The normalized spacial score (nSPS) is 15.8. The molecule has 0 amide bonds. The summed E-state index contributed by atoms with van der Waals surface area (Å²) in [5.74, 6) is 3.63. The summed E-state index contributed by atoms with van der Waals surface area (Å²) >= 11 is 1.63. The standard InChI is InChI=1S/C31H32N2O4S/c1-20-17-32-31(37-20)30-16-27-28(4-3-5-29(27)38-30)36-19-25(34)18-33-12-10-21(11-13-33)22-6-7-24-15-26(35-2)9-8-23(24)14-22/h3-9,14-17,21,25,34H,10-13,18-19H2,1-2H3. The van der Waals surface area contributed by atoms with Crippen LogP contribution in [0.3, 0.4) is 0 Å². The molecule has 196 valence electrons. The van der Waals surface area contributed by atoms with Gasteiger partial charge in [-0.2, -0.15) is 0 Å². The molecule has 1 fully saturated rings. The first-order valence-corrected chi connectivity index (χ1v) is 13.9. The van der Waals surface area contributed by atoms with Gasteiger partial charge in [-0.25, -0.2) is 4.98 Å². The number of fused-ring (bicyclic) bond motifs is 2. The number of aromatic nitrogens is 1. The number of hydrogen-bond donors (Lipinski definition) is 1. The second-order valence-corrected chi connectivity index (χ2v) is 11.2. The molecular weight excluding hydrogens is 496 g/mol. The molecule has 3 heterocycles. The Kier molecular flexibility index (Phi) is 7.06. The summed E-state index contributed by atoms with van der Waals surface area (Å²) in [5, 5.41) is 14.2. The zero-order valence-electron chi connectivity index (χ0n) is 21.7. The maximum Gasteiger partial charge on any atom is 0.236 e. The third-order valence-electron chi connectivity index (χ3n) is 7.38. The van der Waals surface area contributed by atoms with Crippen LogP contribution in [-0.4, -0.2) is 54.4 Å². The summed E-state index contributed by atoms with van der Waals surface area (Å²) in [5.41, 5.74) is 1.40. The highest BCUT2D eigenvalue weighted by Crippen LogP contribution is 2.38. The molecule has 0 spiro atoms. The molecule has 5 aromatic rings. The van der Waals surface area contributed by atoms with Gasteiger partial charge in [0, 0.05) is 16.6 Å². The number of methoxy groups -OCH3 is 1. The van der Waals surface area contributed by atoms with E-state index < -0.39 is 6.10 Å². The Morgan fingerprint density at radius 2 is 1.89 bits per heavy atom. The Hall–Kier alpha value is -3.39. The number of likely N-dealkylation sites (tertiary alicyclic amines) is 1. The van der Waals surface area contributed by atoms with Crippen molar-refractivity contribution in [3.8, 4) is 22.3 Å². The largest absolute Gasteiger partial charge is 0.497 e. The van der Waals surface area contributed by atoms with E-state index in [0.29, 0.717) is 18.4 Å². The van der Waals surface area contributed by atoms with E-state index in [4.69, 9.17) is 13.9 Å². The van der Waals surface area contributed by atoms with Gasteiger partial charge in [0.2, 0.25) is 5.89 Å². The zero-order valence-corrected chi connectivity index (χ0v) is 22.5. The van der Waals surface area contributed by atoms with Gasteiger partial charge in [0.05, 0.1) is 18.2 Å². The van der Waals surface area contributed by atoms with Gasteiger partial charge in [-0.1, -0.05) is 30.3 Å². The molecule has 38 heavy (non-hydrogen) atoms. The number of ether oxygens (including phenoxy) is 2. The number of hydrogen-bond acceptors (Lipinski definition) is 7. The molecule has 0 bridgehead atoms. The molecule has 1 saturated heterocycles. The second kappa shape index (κ2) is 10.8. The van der Waals surface area contributed by atoms with Crippen molar-refractivity contribution in [2.24, 2.45) is 0 Å². The number of β-amino-alcohol motifs (C(OH)–C–C–N with tert-alkyl or cyclic N) is 1. The number of aliphatic hydroxyl groups excluding tert-OH is 1. The summed E-state index contributed by atoms with van der Waals surface area (Å²) in [4.78, 5) is 7.67. The predicted octanol–water partition coefficient (Wildman–Crippen LogP) is 6.65. The molecule has 0 radical (unpaired) electrons. The number of oxazole rings is 1. The SMILES string of the molecule is COc1ccc2cc(C3CCN(CC(O)COc4cccc5sc(-c6ncc(C)o6)cc45)CC3)ccc2c1. The van der Waals surface area contributed by atoms with Crippen molar-refractivity contribution in [2.45, 2.75) is 31.8 Å². The zero-order chi connectivity index (χ0) is 26.1. The monoisotopic (exact) mass is 528 g/mol. The van der Waals surface area contributed by atoms with Crippen molar-refractivity contribution in [1.29, 1.82) is 0 Å². The third kappa shape index (κ3) is 5.27. The average molecular weight is 529 g/mol. The number of thiophene rings is 1. The van der Waals surface area contributed by atoms with Crippen LogP contribution in [0, 0.1) is 6.92 Å². The fourth-order valence-corrected chi connectivity index (χ4v) is 6.35. The van der Waals surface area contributed by atoms with E-state index in [1.54, 1.807) is 24.6 Å². The number of nitrogens with zero attached hydrogens (tertiary/aromatic N) is 2. The van der Waals surface area contributed by atoms with Gasteiger partial charge >= 0.3 is 0 Å². The number of aliphatic hydroxyl groups is 1. The summed E-state index contributed by atoms with van der Waals surface area (Å²) < 4.78 is 18.2. The van der Waals surface area contributed by atoms with Crippen LogP contribution in [0.25, 0.3) is 31.6 Å². The van der Waals surface area contributed by atoms with E-state index in [0.717, 1.165) is 58.2 Å². The van der Waals surface area contributed by atoms with Crippen molar-refractivity contribution in [1.82, 2.24) is 9.88 Å². The van der Waals surface area contributed by atoms with Crippen LogP contribution >= 0.6 is 11.3 Å². The fourth-order valence-electron chi connectivity index (χ4n) is 5.34. The molecule has 0 aliphatic carbocycles. The third-order valence-corrected chi connectivity index (χ3v) is 8.47. The van der Waals surface area contributed by atoms with Crippen LogP contribution in [0.15, 0.2) is 71.3 Å². The van der Waals surface area contributed by atoms with Crippen LogP contribution in [0.2, 0.25) is 0 Å². The molecule has 7 heteroatoms. The molecule has 3 aromatic carbocycles. The summed E-state index contributed by atoms with van der Waals surface area (Å²) in [6.07, 6.45) is 3.36. The van der Waals surface area contributed by atoms with Crippen molar-refractivity contribution >= 4 is 32.2 Å². The van der Waals surface area contributed by atoms with Crippen molar-refractivity contribution in [2.75, 3.05) is 33.4 Å². The fraction of sp³-hybridized carbons (Fsp3) is 0.323. The van der Waals surface area contributed by atoms with Crippen LogP contribution in [0.5, 0.6) is 11.5 Å². The highest BCUT2D eigenvalue weighted by molar-refractivity contribution is 7.22. The molecule has 0 saturated carbocycles. The van der Waals surface area contributed by atoms with Gasteiger partial charge in [0.1, 0.15) is 30.0 Å². The molecule has 6 rings (SSSR count). The Labute approximate surface area is 226 Å². The van der Waals surface area contributed by atoms with Gasteiger partial charge in [-0.15, -0.1) is 11.3 Å². The molecule has 1 aliphatic heterocycles. The van der Waals surface area contributed by atoms with Crippen molar-refractivity contribution < 1.29 is 19.0 Å². The van der Waals surface area contributed by atoms with E-state index >= 15 is 0 Å². The lowest BCUT2D eigenvalue weighted by atomic mass is 9.88. The highest BCUT2D eigenvalue weighted by Gasteiger charge is 2.23. The van der Waals surface area contributed by atoms with E-state index in [2.05, 4.69) is 52.3 Å². The second-order valence-electron chi connectivity index (χ2n) is 10.1. The van der Waals surface area contributed by atoms with E-state index in [1.807, 2.05) is 25.1 Å². The first-order chi connectivity index (χ1) is 18.6. The topological polar surface area (TPSA) is 68.0 Å². The minimum atomic E-state index is -0.551. The highest BCUT2D eigenvalue weighted by atomic mass is 32.1. The maximum atomic E-state index is 10.8. The quantitative estimate of drug-likeness (QED) is 0.243. The molecule has 6 nitrogen and oxygen atoms in total. The smallest absolute Gasteiger partial charge is 0.236 e. The van der Waals surface area contributed by atoms with Gasteiger partial charge in [0.25, 0.3) is 0 Å². The number of rotatable bonds is 8. The molecule has 1 aliphatic rings. The Balaban J connectivity index is 1.03. The lowest BCUT2D eigenvalue weighted by Crippen LogP contribution is -2.40. The van der Waals surface area contributed by atoms with Crippen LogP contribution in [-0.2, 0) is 0 Å². The van der Waals surface area contributed by atoms with Crippen molar-refractivity contribution in [3.63, 3.8) is 0 Å². The molecule has 1 N–H and O–H groups in total. The maximum absolute atomic E-state index is 10.8.